The number of nitrogens with zero attached hydrogens (tertiary/aromatic N) is 4. The van der Waals surface area contributed by atoms with Gasteiger partial charge in [0.25, 0.3) is 0 Å². The first kappa shape index (κ1) is 24.6. The van der Waals surface area contributed by atoms with Gasteiger partial charge in [0.15, 0.2) is 11.6 Å². The molecule has 0 unspecified atom stereocenters. The van der Waals surface area contributed by atoms with Gasteiger partial charge in [-0.2, -0.15) is 9.97 Å². The summed E-state index contributed by atoms with van der Waals surface area (Å²) in [5.41, 5.74) is 5.70. The molecule has 6 heteroatoms. The van der Waals surface area contributed by atoms with Crippen LogP contribution < -0.4 is 0 Å². The second-order valence-corrected chi connectivity index (χ2v) is 12.2. The van der Waals surface area contributed by atoms with E-state index in [1.54, 1.807) is 0 Å². The summed E-state index contributed by atoms with van der Waals surface area (Å²) < 4.78 is 11.4. The molecule has 6 aromatic carbocycles. The molecule has 0 amide bonds. The molecule has 0 atom stereocenters. The van der Waals surface area contributed by atoms with Crippen molar-refractivity contribution in [1.82, 2.24) is 19.5 Å². The van der Waals surface area contributed by atoms with Crippen molar-refractivity contribution in [2.24, 2.45) is 0 Å². The third kappa shape index (κ3) is 3.51. The van der Waals surface area contributed by atoms with E-state index in [9.17, 15) is 0 Å². The minimum absolute atomic E-state index is 0.570. The van der Waals surface area contributed by atoms with E-state index in [2.05, 4.69) is 71.3 Å². The van der Waals surface area contributed by atoms with Gasteiger partial charge in [0.2, 0.25) is 5.95 Å². The van der Waals surface area contributed by atoms with Crippen LogP contribution in [0.15, 0.2) is 138 Å². The van der Waals surface area contributed by atoms with Crippen LogP contribution in [0.1, 0.15) is 0 Å². The first-order chi connectivity index (χ1) is 22.3. The highest BCUT2D eigenvalue weighted by molar-refractivity contribution is 7.27. The standard InChI is InChI=1S/C39H22N4OS/c1-3-13-23(14-4-1)37-40-38(24-15-5-2-6-16-24)42-39(41-37)43-28-20-10-7-17-25(28)31-34(43)32-27-19-9-12-22-30(27)45-36(32)33-26-18-8-11-21-29(26)44-35(31)33/h1-22H. The van der Waals surface area contributed by atoms with Crippen LogP contribution in [0.3, 0.4) is 0 Å². The third-order valence-corrected chi connectivity index (χ3v) is 9.83. The molecule has 0 fully saturated rings. The summed E-state index contributed by atoms with van der Waals surface area (Å²) >= 11 is 1.81. The van der Waals surface area contributed by atoms with Crippen LogP contribution in [0.25, 0.3) is 92.6 Å². The van der Waals surface area contributed by atoms with E-state index in [0.717, 1.165) is 54.9 Å². The Morgan fingerprint density at radius 1 is 0.511 bits per heavy atom. The number of fused-ring (bicyclic) bond motifs is 12. The zero-order valence-corrected chi connectivity index (χ0v) is 24.6. The number of hydrogen-bond donors (Lipinski definition) is 0. The zero-order valence-electron chi connectivity index (χ0n) is 23.8. The fraction of sp³-hybridized carbons (Fsp3) is 0. The van der Waals surface area contributed by atoms with E-state index in [0.29, 0.717) is 17.6 Å². The van der Waals surface area contributed by atoms with Gasteiger partial charge in [-0.05, 0) is 18.2 Å². The summed E-state index contributed by atoms with van der Waals surface area (Å²) in [6, 6.07) is 45.8. The second kappa shape index (κ2) is 9.32. The number of aromatic nitrogens is 4. The lowest BCUT2D eigenvalue weighted by atomic mass is 10.0. The first-order valence-electron chi connectivity index (χ1n) is 14.9. The Balaban J connectivity index is 1.45. The molecule has 0 aliphatic rings. The Hall–Kier alpha value is -5.85. The maximum atomic E-state index is 6.75. The van der Waals surface area contributed by atoms with Gasteiger partial charge in [0.05, 0.1) is 16.4 Å². The van der Waals surface area contributed by atoms with Crippen LogP contribution >= 0.6 is 11.3 Å². The highest BCUT2D eigenvalue weighted by Crippen LogP contribution is 2.50. The van der Waals surface area contributed by atoms with Gasteiger partial charge in [0, 0.05) is 47.5 Å². The Kier molecular flexibility index (Phi) is 5.09. The SMILES string of the molecule is c1ccc(-c2nc(-c3ccccc3)nc(-n3c4ccccc4c4c5oc6ccccc6c5c5sc6ccccc6c5c43)n2)cc1. The Morgan fingerprint density at radius 3 is 1.84 bits per heavy atom. The number of benzene rings is 6. The Morgan fingerprint density at radius 2 is 1.11 bits per heavy atom. The molecule has 10 aromatic rings. The van der Waals surface area contributed by atoms with Crippen LogP contribution in [0, 0.1) is 0 Å². The number of rotatable bonds is 3. The van der Waals surface area contributed by atoms with Gasteiger partial charge in [0.1, 0.15) is 11.2 Å². The van der Waals surface area contributed by atoms with Gasteiger partial charge >= 0.3 is 0 Å². The zero-order chi connectivity index (χ0) is 29.5. The van der Waals surface area contributed by atoms with Gasteiger partial charge in [-0.1, -0.05) is 115 Å². The van der Waals surface area contributed by atoms with E-state index in [-0.39, 0.29) is 0 Å². The normalized spacial score (nSPS) is 12.0. The molecular formula is C39H22N4OS. The summed E-state index contributed by atoms with van der Waals surface area (Å²) in [7, 11) is 0. The van der Waals surface area contributed by atoms with Gasteiger partial charge < -0.3 is 4.42 Å². The molecule has 210 valence electrons. The monoisotopic (exact) mass is 594 g/mol. The maximum absolute atomic E-state index is 6.75. The smallest absolute Gasteiger partial charge is 0.238 e. The first-order valence-corrected chi connectivity index (χ1v) is 15.7. The average Bonchev–Trinajstić information content (AvgIpc) is 3.78. The molecule has 5 nitrogen and oxygen atoms in total. The summed E-state index contributed by atoms with van der Waals surface area (Å²) in [4.78, 5) is 15.3. The van der Waals surface area contributed by atoms with Crippen LogP contribution in [-0.2, 0) is 0 Å². The summed E-state index contributed by atoms with van der Waals surface area (Å²) in [6.45, 7) is 0. The highest BCUT2D eigenvalue weighted by atomic mass is 32.1. The van der Waals surface area contributed by atoms with Crippen molar-refractivity contribution in [1.29, 1.82) is 0 Å². The van der Waals surface area contributed by atoms with Crippen LogP contribution in [-0.4, -0.2) is 19.5 Å². The average molecular weight is 595 g/mol. The van der Waals surface area contributed by atoms with Gasteiger partial charge in [-0.15, -0.1) is 11.3 Å². The van der Waals surface area contributed by atoms with Crippen molar-refractivity contribution in [3.63, 3.8) is 0 Å². The van der Waals surface area contributed by atoms with Crippen molar-refractivity contribution in [2.75, 3.05) is 0 Å². The summed E-state index contributed by atoms with van der Waals surface area (Å²) in [5.74, 6) is 1.82. The second-order valence-electron chi connectivity index (χ2n) is 11.2. The minimum Gasteiger partial charge on any atom is -0.455 e. The van der Waals surface area contributed by atoms with Crippen LogP contribution in [0.4, 0.5) is 0 Å². The maximum Gasteiger partial charge on any atom is 0.238 e. The Bertz CT molecular complexity index is 2670. The van der Waals surface area contributed by atoms with Crippen molar-refractivity contribution >= 4 is 75.3 Å². The number of thiophene rings is 1. The van der Waals surface area contributed by atoms with Gasteiger partial charge in [-0.3, -0.25) is 4.57 Å². The lowest BCUT2D eigenvalue weighted by Gasteiger charge is -2.11. The lowest BCUT2D eigenvalue weighted by Crippen LogP contribution is -2.06. The fourth-order valence-corrected chi connectivity index (χ4v) is 7.98. The molecule has 45 heavy (non-hydrogen) atoms. The molecule has 0 bridgehead atoms. The van der Waals surface area contributed by atoms with Crippen LogP contribution in [0.2, 0.25) is 0 Å². The predicted molar refractivity (Wildman–Crippen MR) is 185 cm³/mol. The van der Waals surface area contributed by atoms with Gasteiger partial charge in [-0.25, -0.2) is 4.98 Å². The molecule has 10 rings (SSSR count). The molecule has 4 aromatic heterocycles. The molecule has 0 aliphatic carbocycles. The molecule has 0 radical (unpaired) electrons. The summed E-state index contributed by atoms with van der Waals surface area (Å²) in [5, 5.41) is 6.83. The van der Waals surface area contributed by atoms with Crippen molar-refractivity contribution in [3.8, 4) is 28.7 Å². The van der Waals surface area contributed by atoms with E-state index >= 15 is 0 Å². The topological polar surface area (TPSA) is 56.7 Å². The molecule has 0 saturated heterocycles. The van der Waals surface area contributed by atoms with Crippen LogP contribution in [0.5, 0.6) is 0 Å². The van der Waals surface area contributed by atoms with E-state index in [1.807, 2.05) is 78.1 Å². The highest BCUT2D eigenvalue weighted by Gasteiger charge is 2.26. The number of furan rings is 1. The van der Waals surface area contributed by atoms with E-state index < -0.39 is 0 Å². The predicted octanol–water partition coefficient (Wildman–Crippen LogP) is 10.6. The van der Waals surface area contributed by atoms with Crippen molar-refractivity contribution < 1.29 is 4.42 Å². The van der Waals surface area contributed by atoms with Crippen molar-refractivity contribution in [2.45, 2.75) is 0 Å². The Labute approximate surface area is 260 Å². The molecular weight excluding hydrogens is 573 g/mol. The fourth-order valence-electron chi connectivity index (χ4n) is 6.72. The molecule has 0 N–H and O–H groups in total. The molecule has 0 spiro atoms. The van der Waals surface area contributed by atoms with Crippen molar-refractivity contribution in [3.05, 3.63) is 133 Å². The molecule has 4 heterocycles. The van der Waals surface area contributed by atoms with E-state index in [4.69, 9.17) is 19.4 Å². The number of para-hydroxylation sites is 2. The van der Waals surface area contributed by atoms with E-state index in [1.165, 1.54) is 20.2 Å². The number of hydrogen-bond acceptors (Lipinski definition) is 5. The summed E-state index contributed by atoms with van der Waals surface area (Å²) in [6.07, 6.45) is 0. The molecule has 0 aliphatic heterocycles. The third-order valence-electron chi connectivity index (χ3n) is 8.64. The molecule has 0 saturated carbocycles. The quantitative estimate of drug-likeness (QED) is 0.204. The lowest BCUT2D eigenvalue weighted by molar-refractivity contribution is 0.673. The largest absolute Gasteiger partial charge is 0.455 e. The minimum atomic E-state index is 0.570.